The average Bonchev–Trinajstić information content (AvgIpc) is 2.83. The van der Waals surface area contributed by atoms with E-state index in [0.29, 0.717) is 5.05 Å². The van der Waals surface area contributed by atoms with Crippen molar-refractivity contribution in [3.63, 3.8) is 0 Å². The fourth-order valence-corrected chi connectivity index (χ4v) is 5.40. The molecule has 1 aliphatic carbocycles. The van der Waals surface area contributed by atoms with Gasteiger partial charge in [-0.15, -0.1) is 11.8 Å². The van der Waals surface area contributed by atoms with Crippen LogP contribution in [-0.4, -0.2) is 15.7 Å². The number of allylic oxidation sites excluding steroid dienone is 2. The monoisotopic (exact) mass is 464 g/mol. The predicted octanol–water partition coefficient (Wildman–Crippen LogP) is 8.77. The van der Waals surface area contributed by atoms with Gasteiger partial charge in [-0.05, 0) is 60.0 Å². The second-order valence-electron chi connectivity index (χ2n) is 8.47. The lowest BCUT2D eigenvalue weighted by atomic mass is 9.98. The maximum atomic E-state index is 6.53. The molecule has 0 aromatic heterocycles. The minimum Gasteiger partial charge on any atom is -0.461 e. The fraction of sp³-hybridized carbons (Fsp3) is 0.414. The molecule has 1 aliphatic rings. The minimum atomic E-state index is -0.428. The van der Waals surface area contributed by atoms with Crippen molar-refractivity contribution >= 4 is 34.6 Å². The van der Waals surface area contributed by atoms with Gasteiger partial charge in [0.15, 0.2) is 9.98 Å². The van der Waals surface area contributed by atoms with Crippen molar-refractivity contribution in [2.24, 2.45) is 0 Å². The molecule has 0 saturated carbocycles. The van der Waals surface area contributed by atoms with E-state index < -0.39 is 4.93 Å². The van der Waals surface area contributed by atoms with Crippen LogP contribution in [0.5, 0.6) is 0 Å². The van der Waals surface area contributed by atoms with E-state index in [9.17, 15) is 0 Å². The van der Waals surface area contributed by atoms with Crippen LogP contribution in [0.15, 0.2) is 72.8 Å². The molecule has 0 aliphatic heterocycles. The molecule has 1 atom stereocenters. The first-order valence-corrected chi connectivity index (χ1v) is 13.5. The van der Waals surface area contributed by atoms with E-state index in [1.165, 1.54) is 55.2 Å². The third-order valence-corrected chi connectivity index (χ3v) is 7.54. The largest absolute Gasteiger partial charge is 0.461 e. The summed E-state index contributed by atoms with van der Waals surface area (Å²) in [7, 11) is 0. The van der Waals surface area contributed by atoms with Crippen LogP contribution in [0.25, 0.3) is 5.57 Å². The highest BCUT2D eigenvalue weighted by atomic mass is 32.2. The number of hydrogen-bond donors (Lipinski definition) is 0. The van der Waals surface area contributed by atoms with E-state index in [0.717, 1.165) is 24.2 Å². The molecule has 0 saturated heterocycles. The zero-order valence-corrected chi connectivity index (χ0v) is 21.1. The first-order chi connectivity index (χ1) is 15.7. The highest BCUT2D eigenvalue weighted by Crippen LogP contribution is 2.39. The van der Waals surface area contributed by atoms with Crippen LogP contribution in [0.2, 0.25) is 0 Å². The van der Waals surface area contributed by atoms with Gasteiger partial charge in [0.25, 0.3) is 0 Å². The number of benzene rings is 2. The van der Waals surface area contributed by atoms with Crippen LogP contribution in [0.3, 0.4) is 0 Å². The Morgan fingerprint density at radius 3 is 2.31 bits per heavy atom. The van der Waals surface area contributed by atoms with E-state index >= 15 is 0 Å². The zero-order valence-electron chi connectivity index (χ0n) is 19.5. The van der Waals surface area contributed by atoms with Crippen molar-refractivity contribution in [2.45, 2.75) is 70.1 Å². The number of unbranched alkanes of at least 4 members (excludes halogenated alkanes) is 4. The summed E-state index contributed by atoms with van der Waals surface area (Å²) < 4.78 is 6.53. The molecule has 0 fully saturated rings. The van der Waals surface area contributed by atoms with E-state index in [1.54, 1.807) is 0 Å². The van der Waals surface area contributed by atoms with E-state index in [2.05, 4.69) is 86.7 Å². The Balaban J connectivity index is 1.68. The molecule has 2 aromatic carbocycles. The number of thiocarbonyl (C=S) groups is 1. The molecule has 0 N–H and O–H groups in total. The van der Waals surface area contributed by atoms with Gasteiger partial charge in [0.2, 0.25) is 0 Å². The molecule has 32 heavy (non-hydrogen) atoms. The Morgan fingerprint density at radius 1 is 0.938 bits per heavy atom. The second kappa shape index (κ2) is 13.0. The second-order valence-corrected chi connectivity index (χ2v) is 10.2. The van der Waals surface area contributed by atoms with Gasteiger partial charge in [0, 0.05) is 12.0 Å². The molecule has 170 valence electrons. The lowest BCUT2D eigenvalue weighted by Gasteiger charge is -2.33. The van der Waals surface area contributed by atoms with Crippen LogP contribution in [-0.2, 0) is 11.2 Å². The van der Waals surface area contributed by atoms with E-state index in [1.807, 2.05) is 11.8 Å². The van der Waals surface area contributed by atoms with E-state index in [-0.39, 0.29) is 0 Å². The van der Waals surface area contributed by atoms with Crippen LogP contribution in [0.1, 0.15) is 75.5 Å². The minimum absolute atomic E-state index is 0.428. The van der Waals surface area contributed by atoms with Crippen molar-refractivity contribution in [2.75, 3.05) is 5.75 Å². The quantitative estimate of drug-likeness (QED) is 0.176. The number of ether oxygens (including phenoxy) is 1. The first-order valence-electron chi connectivity index (χ1n) is 12.1. The van der Waals surface area contributed by atoms with Crippen LogP contribution >= 0.6 is 24.0 Å². The number of rotatable bonds is 12. The third kappa shape index (κ3) is 7.35. The standard InChI is InChI=1S/C29H36OS2/c1-3-5-8-12-24-15-17-27(18-16-24)28(31)30-29(32-23-11-6-4-2)21-19-26(20-22-29)25-13-9-7-10-14-25/h7,9-10,13-21H,3-6,8,11-12,22-23H2,1-2H3. The van der Waals surface area contributed by atoms with Crippen molar-refractivity contribution in [3.05, 3.63) is 89.5 Å². The molecule has 3 heteroatoms. The highest BCUT2D eigenvalue weighted by Gasteiger charge is 2.32. The highest BCUT2D eigenvalue weighted by molar-refractivity contribution is 8.00. The number of aryl methyl sites for hydroxylation is 1. The Bertz CT molecular complexity index is 899. The van der Waals surface area contributed by atoms with Gasteiger partial charge in [0.1, 0.15) is 0 Å². The lowest BCUT2D eigenvalue weighted by molar-refractivity contribution is 0.211. The van der Waals surface area contributed by atoms with Crippen LogP contribution < -0.4 is 0 Å². The maximum absolute atomic E-state index is 6.53. The molecular weight excluding hydrogens is 428 g/mol. The van der Waals surface area contributed by atoms with Gasteiger partial charge in [-0.25, -0.2) is 0 Å². The van der Waals surface area contributed by atoms with Gasteiger partial charge in [0.05, 0.1) is 0 Å². The maximum Gasteiger partial charge on any atom is 0.193 e. The lowest BCUT2D eigenvalue weighted by Crippen LogP contribution is -2.30. The number of thioether (sulfide) groups is 1. The van der Waals surface area contributed by atoms with Gasteiger partial charge in [-0.1, -0.05) is 106 Å². The normalized spacial score (nSPS) is 17.8. The van der Waals surface area contributed by atoms with Gasteiger partial charge >= 0.3 is 0 Å². The van der Waals surface area contributed by atoms with E-state index in [4.69, 9.17) is 17.0 Å². The van der Waals surface area contributed by atoms with Gasteiger partial charge in [-0.2, -0.15) is 0 Å². The molecule has 1 nitrogen and oxygen atoms in total. The molecule has 0 bridgehead atoms. The smallest absolute Gasteiger partial charge is 0.193 e. The van der Waals surface area contributed by atoms with Gasteiger partial charge < -0.3 is 4.74 Å². The molecule has 2 aromatic rings. The molecule has 0 heterocycles. The summed E-state index contributed by atoms with van der Waals surface area (Å²) in [5, 5.41) is 0.592. The molecule has 0 amide bonds. The molecular formula is C29H36OS2. The molecule has 1 unspecified atom stereocenters. The van der Waals surface area contributed by atoms with Gasteiger partial charge in [-0.3, -0.25) is 0 Å². The fourth-order valence-electron chi connectivity index (χ4n) is 3.86. The summed E-state index contributed by atoms with van der Waals surface area (Å²) >= 11 is 7.64. The van der Waals surface area contributed by atoms with Crippen molar-refractivity contribution in [1.29, 1.82) is 0 Å². The zero-order chi connectivity index (χ0) is 22.7. The Hall–Kier alpha value is -1.84. The predicted molar refractivity (Wildman–Crippen MR) is 145 cm³/mol. The third-order valence-electron chi connectivity index (χ3n) is 5.85. The summed E-state index contributed by atoms with van der Waals surface area (Å²) in [6.45, 7) is 4.49. The Morgan fingerprint density at radius 2 is 1.66 bits per heavy atom. The Labute approximate surface area is 204 Å². The summed E-state index contributed by atoms with van der Waals surface area (Å²) in [6, 6.07) is 19.2. The molecule has 3 rings (SSSR count). The summed E-state index contributed by atoms with van der Waals surface area (Å²) in [4.78, 5) is -0.428. The summed E-state index contributed by atoms with van der Waals surface area (Å²) in [5.41, 5.74) is 4.87. The van der Waals surface area contributed by atoms with Crippen LogP contribution in [0.4, 0.5) is 0 Å². The molecule has 0 radical (unpaired) electrons. The average molecular weight is 465 g/mol. The van der Waals surface area contributed by atoms with Crippen LogP contribution in [0, 0.1) is 0 Å². The van der Waals surface area contributed by atoms with Crippen molar-refractivity contribution < 1.29 is 4.74 Å². The van der Waals surface area contributed by atoms with Crippen molar-refractivity contribution in [1.82, 2.24) is 0 Å². The molecule has 0 spiro atoms. The summed E-state index contributed by atoms with van der Waals surface area (Å²) in [6.07, 6.45) is 16.1. The van der Waals surface area contributed by atoms with Crippen molar-refractivity contribution in [3.8, 4) is 0 Å². The topological polar surface area (TPSA) is 9.23 Å². The SMILES string of the molecule is CCCCCSC1(OC(=S)c2ccc(CCCCC)cc2)C=CC(c2ccccc2)=CC1. The first kappa shape index (κ1) is 24.8. The Kier molecular flexibility index (Phi) is 10.1. The number of hydrogen-bond acceptors (Lipinski definition) is 3. The summed E-state index contributed by atoms with van der Waals surface area (Å²) in [5.74, 6) is 1.08.